The van der Waals surface area contributed by atoms with Crippen LogP contribution in [0, 0.1) is 6.92 Å². The number of furan rings is 2. The first-order chi connectivity index (χ1) is 14.3. The molecule has 0 fully saturated rings. The molecular weight excluding hydrogens is 358 g/mol. The molecule has 0 aliphatic heterocycles. The van der Waals surface area contributed by atoms with Crippen LogP contribution in [0.15, 0.2) is 93.9 Å². The lowest BCUT2D eigenvalue weighted by atomic mass is 9.99. The largest absolute Gasteiger partial charge is 0.452 e. The minimum atomic E-state index is 0.793. The number of nitrogens with zero attached hydrogens (tertiary/aromatic N) is 1. The van der Waals surface area contributed by atoms with Crippen molar-refractivity contribution in [1.29, 1.82) is 0 Å². The lowest BCUT2D eigenvalue weighted by Gasteiger charge is -2.08. The lowest BCUT2D eigenvalue weighted by molar-refractivity contribution is 0.653. The maximum Gasteiger partial charge on any atom is 0.181 e. The molecule has 0 aliphatic carbocycles. The highest BCUT2D eigenvalue weighted by atomic mass is 16.4. The number of aromatic nitrogens is 1. The summed E-state index contributed by atoms with van der Waals surface area (Å²) in [5.41, 5.74) is 8.58. The number of hydrogen-bond acceptors (Lipinski definition) is 3. The molecule has 29 heavy (non-hydrogen) atoms. The third-order valence-corrected chi connectivity index (χ3v) is 5.49. The zero-order valence-electron chi connectivity index (χ0n) is 15.8. The summed E-state index contributed by atoms with van der Waals surface area (Å²) >= 11 is 0. The van der Waals surface area contributed by atoms with Crippen molar-refractivity contribution < 1.29 is 8.83 Å². The molecule has 0 spiro atoms. The predicted molar refractivity (Wildman–Crippen MR) is 117 cm³/mol. The number of fused-ring (bicyclic) bond motifs is 5. The number of para-hydroxylation sites is 1. The quantitative estimate of drug-likeness (QED) is 0.317. The second-order valence-corrected chi connectivity index (χ2v) is 7.29. The van der Waals surface area contributed by atoms with E-state index in [2.05, 4.69) is 42.2 Å². The molecule has 0 radical (unpaired) electrons. The molecule has 0 saturated heterocycles. The Bertz CT molecular complexity index is 1510. The topological polar surface area (TPSA) is 39.2 Å². The van der Waals surface area contributed by atoms with Gasteiger partial charge in [0.2, 0.25) is 0 Å². The van der Waals surface area contributed by atoms with Gasteiger partial charge in [0.25, 0.3) is 0 Å². The van der Waals surface area contributed by atoms with Gasteiger partial charge in [0.1, 0.15) is 11.2 Å². The molecule has 3 nitrogen and oxygen atoms in total. The van der Waals surface area contributed by atoms with Crippen LogP contribution in [0.1, 0.15) is 5.56 Å². The smallest absolute Gasteiger partial charge is 0.181 e. The minimum absolute atomic E-state index is 0.793. The van der Waals surface area contributed by atoms with Crippen LogP contribution in [0.25, 0.3) is 55.5 Å². The van der Waals surface area contributed by atoms with E-state index in [1.807, 2.05) is 54.7 Å². The van der Waals surface area contributed by atoms with Crippen LogP contribution < -0.4 is 0 Å². The molecule has 0 bridgehead atoms. The van der Waals surface area contributed by atoms with Crippen molar-refractivity contribution in [2.45, 2.75) is 6.92 Å². The maximum absolute atomic E-state index is 6.38. The van der Waals surface area contributed by atoms with Crippen LogP contribution in [0.3, 0.4) is 0 Å². The first-order valence-corrected chi connectivity index (χ1v) is 9.65. The summed E-state index contributed by atoms with van der Waals surface area (Å²) in [5, 5.41) is 1.97. The van der Waals surface area contributed by atoms with Gasteiger partial charge in [-0.15, -0.1) is 0 Å². The first kappa shape index (κ1) is 16.1. The van der Waals surface area contributed by atoms with E-state index in [-0.39, 0.29) is 0 Å². The number of rotatable bonds is 2. The average Bonchev–Trinajstić information content (AvgIpc) is 3.30. The molecule has 138 valence electrons. The van der Waals surface area contributed by atoms with Gasteiger partial charge in [0.05, 0.1) is 16.5 Å². The maximum atomic E-state index is 6.38. The predicted octanol–water partition coefficient (Wildman–Crippen LogP) is 7.37. The van der Waals surface area contributed by atoms with Crippen molar-refractivity contribution in [3.05, 3.63) is 90.6 Å². The summed E-state index contributed by atoms with van der Waals surface area (Å²) in [4.78, 5) is 4.67. The van der Waals surface area contributed by atoms with Crippen LogP contribution in [-0.2, 0) is 0 Å². The van der Waals surface area contributed by atoms with Crippen molar-refractivity contribution in [3.8, 4) is 22.4 Å². The number of benzene rings is 3. The molecule has 3 heterocycles. The third-order valence-electron chi connectivity index (χ3n) is 5.49. The van der Waals surface area contributed by atoms with Gasteiger partial charge in [-0.05, 0) is 53.9 Å². The number of aryl methyl sites for hydroxylation is 1. The molecule has 3 aromatic carbocycles. The molecule has 0 aliphatic rings. The fourth-order valence-electron chi connectivity index (χ4n) is 4.06. The second-order valence-electron chi connectivity index (χ2n) is 7.29. The summed E-state index contributed by atoms with van der Waals surface area (Å²) in [7, 11) is 0. The summed E-state index contributed by atoms with van der Waals surface area (Å²) in [6.07, 6.45) is 1.86. The highest BCUT2D eigenvalue weighted by Crippen LogP contribution is 2.41. The van der Waals surface area contributed by atoms with E-state index < -0.39 is 0 Å². The molecule has 6 aromatic rings. The van der Waals surface area contributed by atoms with Gasteiger partial charge in [-0.25, -0.2) is 0 Å². The van der Waals surface area contributed by atoms with E-state index in [1.54, 1.807) is 0 Å². The first-order valence-electron chi connectivity index (χ1n) is 9.65. The summed E-state index contributed by atoms with van der Waals surface area (Å²) in [6, 6.07) is 26.7. The Morgan fingerprint density at radius 3 is 2.34 bits per heavy atom. The van der Waals surface area contributed by atoms with Crippen LogP contribution in [0.5, 0.6) is 0 Å². The summed E-state index contributed by atoms with van der Waals surface area (Å²) < 4.78 is 12.5. The highest BCUT2D eigenvalue weighted by Gasteiger charge is 2.20. The normalized spacial score (nSPS) is 11.6. The van der Waals surface area contributed by atoms with Gasteiger partial charge >= 0.3 is 0 Å². The fourth-order valence-corrected chi connectivity index (χ4v) is 4.06. The van der Waals surface area contributed by atoms with Crippen molar-refractivity contribution in [2.24, 2.45) is 0 Å². The zero-order chi connectivity index (χ0) is 19.4. The zero-order valence-corrected chi connectivity index (χ0v) is 15.8. The molecular formula is C26H17NO2. The van der Waals surface area contributed by atoms with Crippen molar-refractivity contribution in [3.63, 3.8) is 0 Å². The highest BCUT2D eigenvalue weighted by molar-refractivity contribution is 6.15. The molecule has 6 rings (SSSR count). The van der Waals surface area contributed by atoms with E-state index in [0.717, 1.165) is 55.5 Å². The van der Waals surface area contributed by atoms with Gasteiger partial charge in [0.15, 0.2) is 11.2 Å². The molecule has 0 amide bonds. The Labute approximate surface area is 167 Å². The van der Waals surface area contributed by atoms with E-state index in [4.69, 9.17) is 8.83 Å². The molecule has 0 N–H and O–H groups in total. The minimum Gasteiger partial charge on any atom is -0.452 e. The van der Waals surface area contributed by atoms with Gasteiger partial charge in [0, 0.05) is 11.8 Å². The van der Waals surface area contributed by atoms with Crippen molar-refractivity contribution in [1.82, 2.24) is 4.98 Å². The van der Waals surface area contributed by atoms with Crippen LogP contribution in [0.2, 0.25) is 0 Å². The van der Waals surface area contributed by atoms with Crippen molar-refractivity contribution >= 4 is 33.1 Å². The van der Waals surface area contributed by atoms with E-state index in [0.29, 0.717) is 0 Å². The standard InChI is InChI=1S/C26H17NO2/c1-16-11-12-20-24(29-25-19-9-5-6-10-22(19)28-26(20)25)23(16)21-15-18(13-14-27-21)17-7-3-2-4-8-17/h2-15H,1H3. The molecule has 3 heteroatoms. The second kappa shape index (κ2) is 6.08. The fraction of sp³-hybridized carbons (Fsp3) is 0.0385. The van der Waals surface area contributed by atoms with Crippen LogP contribution >= 0.6 is 0 Å². The van der Waals surface area contributed by atoms with Crippen LogP contribution in [0.4, 0.5) is 0 Å². The van der Waals surface area contributed by atoms with Gasteiger partial charge in [-0.3, -0.25) is 4.98 Å². The Hall–Kier alpha value is -3.85. The van der Waals surface area contributed by atoms with E-state index in [1.165, 1.54) is 5.56 Å². The van der Waals surface area contributed by atoms with Gasteiger partial charge in [-0.2, -0.15) is 0 Å². The number of pyridine rings is 1. The molecule has 0 saturated carbocycles. The molecule has 0 atom stereocenters. The third kappa shape index (κ3) is 2.41. The van der Waals surface area contributed by atoms with E-state index in [9.17, 15) is 0 Å². The lowest BCUT2D eigenvalue weighted by Crippen LogP contribution is -1.89. The molecule has 3 aromatic heterocycles. The summed E-state index contributed by atoms with van der Waals surface area (Å²) in [5.74, 6) is 0. The van der Waals surface area contributed by atoms with Crippen molar-refractivity contribution in [2.75, 3.05) is 0 Å². The number of hydrogen-bond donors (Lipinski definition) is 0. The Balaban J connectivity index is 1.63. The van der Waals surface area contributed by atoms with Gasteiger partial charge in [-0.1, -0.05) is 48.5 Å². The molecule has 0 unspecified atom stereocenters. The Morgan fingerprint density at radius 1 is 0.655 bits per heavy atom. The Morgan fingerprint density at radius 2 is 1.45 bits per heavy atom. The van der Waals surface area contributed by atoms with E-state index >= 15 is 0 Å². The monoisotopic (exact) mass is 375 g/mol. The summed E-state index contributed by atoms with van der Waals surface area (Å²) in [6.45, 7) is 2.09. The SMILES string of the molecule is Cc1ccc2c(oc3c4ccccc4oc23)c1-c1cc(-c2ccccc2)ccn1. The van der Waals surface area contributed by atoms with Gasteiger partial charge < -0.3 is 8.83 Å². The Kier molecular flexibility index (Phi) is 3.38. The van der Waals surface area contributed by atoms with Crippen LogP contribution in [-0.4, -0.2) is 4.98 Å². The average molecular weight is 375 g/mol.